The molecule has 1 heterocycles. The summed E-state index contributed by atoms with van der Waals surface area (Å²) in [4.78, 5) is 4.59. The molecule has 110 valence electrons. The maximum Gasteiger partial charge on any atom is 0.0762 e. The average Bonchev–Trinajstić information content (AvgIpc) is 2.52. The molecule has 2 nitrogen and oxygen atoms in total. The monoisotopic (exact) mass is 309 g/mol. The Morgan fingerprint density at radius 2 is 1.86 bits per heavy atom. The Bertz CT molecular complexity index is 840. The van der Waals surface area contributed by atoms with Crippen molar-refractivity contribution >= 4 is 34.7 Å². The average molecular weight is 310 g/mol. The number of rotatable bonds is 3. The molecule has 3 heteroatoms. The summed E-state index contributed by atoms with van der Waals surface area (Å²) < 4.78 is 0. The molecule has 0 aliphatic heterocycles. The first-order chi connectivity index (χ1) is 10.6. The molecule has 1 N–H and O–H groups in total. The molecular weight excluding hydrogens is 294 g/mol. The van der Waals surface area contributed by atoms with Crippen LogP contribution in [0.2, 0.25) is 5.02 Å². The number of hydrogen-bond donors (Lipinski definition) is 1. The molecule has 0 radical (unpaired) electrons. The van der Waals surface area contributed by atoms with E-state index in [1.165, 1.54) is 0 Å². The topological polar surface area (TPSA) is 33.1 Å². The molecule has 0 aliphatic carbocycles. The van der Waals surface area contributed by atoms with Crippen LogP contribution in [-0.2, 0) is 0 Å². The van der Waals surface area contributed by atoms with Crippen LogP contribution in [0.1, 0.15) is 29.8 Å². The van der Waals surface area contributed by atoms with Gasteiger partial charge in [-0.05, 0) is 48.4 Å². The summed E-state index contributed by atoms with van der Waals surface area (Å²) in [5, 5.41) is 11.4. The largest absolute Gasteiger partial charge is 0.389 e. The van der Waals surface area contributed by atoms with Crippen molar-refractivity contribution in [1.29, 1.82) is 0 Å². The molecule has 0 amide bonds. The molecule has 3 aromatic rings. The second kappa shape index (κ2) is 6.30. The van der Waals surface area contributed by atoms with E-state index < -0.39 is 6.10 Å². The van der Waals surface area contributed by atoms with Crippen LogP contribution in [0.25, 0.3) is 23.1 Å². The van der Waals surface area contributed by atoms with E-state index in [9.17, 15) is 5.11 Å². The van der Waals surface area contributed by atoms with Gasteiger partial charge < -0.3 is 5.11 Å². The number of aromatic nitrogens is 1. The van der Waals surface area contributed by atoms with E-state index in [0.29, 0.717) is 5.02 Å². The van der Waals surface area contributed by atoms with E-state index in [-0.39, 0.29) is 0 Å². The van der Waals surface area contributed by atoms with Gasteiger partial charge in [0.1, 0.15) is 0 Å². The minimum absolute atomic E-state index is 0.464. The van der Waals surface area contributed by atoms with Gasteiger partial charge in [0.15, 0.2) is 0 Å². The highest BCUT2D eigenvalue weighted by Crippen LogP contribution is 2.19. The Balaban J connectivity index is 1.90. The molecular formula is C19H16ClNO. The van der Waals surface area contributed by atoms with Crippen molar-refractivity contribution in [1.82, 2.24) is 4.98 Å². The van der Waals surface area contributed by atoms with Gasteiger partial charge >= 0.3 is 0 Å². The van der Waals surface area contributed by atoms with Crippen LogP contribution in [0.3, 0.4) is 0 Å². The highest BCUT2D eigenvalue weighted by Gasteiger charge is 2.00. The van der Waals surface area contributed by atoms with Crippen molar-refractivity contribution in [2.24, 2.45) is 0 Å². The standard InChI is InChI=1S/C19H16ClNO/c1-13(22)16-4-2-3-14(11-16)5-9-18-10-7-15-6-8-17(20)12-19(15)21-18/h2-13,22H,1H3. The van der Waals surface area contributed by atoms with Crippen LogP contribution in [0, 0.1) is 0 Å². The lowest BCUT2D eigenvalue weighted by Crippen LogP contribution is -1.90. The fourth-order valence-electron chi connectivity index (χ4n) is 2.30. The van der Waals surface area contributed by atoms with Crippen LogP contribution in [0.4, 0.5) is 0 Å². The third-order valence-electron chi connectivity index (χ3n) is 3.52. The first kappa shape index (κ1) is 14.8. The second-order valence-electron chi connectivity index (χ2n) is 5.25. The summed E-state index contributed by atoms with van der Waals surface area (Å²) in [5.74, 6) is 0. The first-order valence-corrected chi connectivity index (χ1v) is 7.52. The predicted molar refractivity (Wildman–Crippen MR) is 92.8 cm³/mol. The third kappa shape index (κ3) is 3.35. The van der Waals surface area contributed by atoms with Crippen molar-refractivity contribution < 1.29 is 5.11 Å². The Morgan fingerprint density at radius 1 is 1.05 bits per heavy atom. The number of benzene rings is 2. The lowest BCUT2D eigenvalue weighted by Gasteiger charge is -2.05. The number of aliphatic hydroxyl groups excluding tert-OH is 1. The molecule has 1 aromatic heterocycles. The molecule has 1 unspecified atom stereocenters. The summed E-state index contributed by atoms with van der Waals surface area (Å²) in [6.07, 6.45) is 3.49. The van der Waals surface area contributed by atoms with Crippen LogP contribution in [-0.4, -0.2) is 10.1 Å². The molecule has 0 saturated carbocycles. The van der Waals surface area contributed by atoms with Crippen LogP contribution >= 0.6 is 11.6 Å². The van der Waals surface area contributed by atoms with Crippen molar-refractivity contribution in [3.05, 3.63) is 76.4 Å². The van der Waals surface area contributed by atoms with Gasteiger partial charge in [0.2, 0.25) is 0 Å². The minimum Gasteiger partial charge on any atom is -0.389 e. The molecule has 0 bridgehead atoms. The maximum atomic E-state index is 9.63. The summed E-state index contributed by atoms with van der Waals surface area (Å²) in [7, 11) is 0. The second-order valence-corrected chi connectivity index (χ2v) is 5.69. The van der Waals surface area contributed by atoms with Gasteiger partial charge in [0.25, 0.3) is 0 Å². The summed E-state index contributed by atoms with van der Waals surface area (Å²) in [6, 6.07) is 17.5. The van der Waals surface area contributed by atoms with Crippen molar-refractivity contribution in [2.45, 2.75) is 13.0 Å². The Morgan fingerprint density at radius 3 is 2.68 bits per heavy atom. The lowest BCUT2D eigenvalue weighted by molar-refractivity contribution is 0.199. The van der Waals surface area contributed by atoms with Crippen LogP contribution in [0.5, 0.6) is 0 Å². The Hall–Kier alpha value is -2.16. The zero-order chi connectivity index (χ0) is 15.5. The van der Waals surface area contributed by atoms with Gasteiger partial charge in [-0.25, -0.2) is 4.98 Å². The van der Waals surface area contributed by atoms with Gasteiger partial charge in [-0.1, -0.05) is 48.0 Å². The normalized spacial score (nSPS) is 12.9. The van der Waals surface area contributed by atoms with Crippen molar-refractivity contribution in [3.8, 4) is 0 Å². The molecule has 2 aromatic carbocycles. The van der Waals surface area contributed by atoms with E-state index in [1.54, 1.807) is 6.92 Å². The minimum atomic E-state index is -0.464. The van der Waals surface area contributed by atoms with Crippen molar-refractivity contribution in [2.75, 3.05) is 0 Å². The van der Waals surface area contributed by atoms with Gasteiger partial charge in [0, 0.05) is 10.4 Å². The van der Waals surface area contributed by atoms with Gasteiger partial charge in [-0.2, -0.15) is 0 Å². The fraction of sp³-hybridized carbons (Fsp3) is 0.105. The fourth-order valence-corrected chi connectivity index (χ4v) is 2.47. The SMILES string of the molecule is CC(O)c1cccc(C=Cc2ccc3ccc(Cl)cc3n2)c1. The highest BCUT2D eigenvalue weighted by atomic mass is 35.5. The zero-order valence-corrected chi connectivity index (χ0v) is 13.0. The Labute approximate surface area is 134 Å². The van der Waals surface area contributed by atoms with E-state index in [0.717, 1.165) is 27.7 Å². The smallest absolute Gasteiger partial charge is 0.0762 e. The first-order valence-electron chi connectivity index (χ1n) is 7.14. The molecule has 1 atom stereocenters. The van der Waals surface area contributed by atoms with Gasteiger partial charge in [-0.15, -0.1) is 0 Å². The predicted octanol–water partition coefficient (Wildman–Crippen LogP) is 5.11. The molecule has 0 aliphatic rings. The Kier molecular flexibility index (Phi) is 4.23. The molecule has 0 fully saturated rings. The molecule has 0 saturated heterocycles. The number of fused-ring (bicyclic) bond motifs is 1. The van der Waals surface area contributed by atoms with Crippen LogP contribution in [0.15, 0.2) is 54.6 Å². The number of nitrogens with zero attached hydrogens (tertiary/aromatic N) is 1. The number of halogens is 1. The number of pyridine rings is 1. The molecule has 0 spiro atoms. The molecule has 3 rings (SSSR count). The number of hydrogen-bond acceptors (Lipinski definition) is 2. The van der Waals surface area contributed by atoms with Gasteiger partial charge in [-0.3, -0.25) is 0 Å². The summed E-state index contributed by atoms with van der Waals surface area (Å²) in [6.45, 7) is 1.76. The van der Waals surface area contributed by atoms with E-state index in [2.05, 4.69) is 4.98 Å². The zero-order valence-electron chi connectivity index (χ0n) is 12.2. The third-order valence-corrected chi connectivity index (χ3v) is 3.75. The van der Waals surface area contributed by atoms with Crippen molar-refractivity contribution in [3.63, 3.8) is 0 Å². The summed E-state index contributed by atoms with van der Waals surface area (Å²) in [5.41, 5.74) is 3.69. The highest BCUT2D eigenvalue weighted by molar-refractivity contribution is 6.31. The maximum absolute atomic E-state index is 9.63. The van der Waals surface area contributed by atoms with E-state index in [1.807, 2.05) is 66.7 Å². The molecule has 22 heavy (non-hydrogen) atoms. The quantitative estimate of drug-likeness (QED) is 0.729. The summed E-state index contributed by atoms with van der Waals surface area (Å²) >= 11 is 6.01. The van der Waals surface area contributed by atoms with Crippen LogP contribution < -0.4 is 0 Å². The van der Waals surface area contributed by atoms with E-state index >= 15 is 0 Å². The van der Waals surface area contributed by atoms with E-state index in [4.69, 9.17) is 11.6 Å². The van der Waals surface area contributed by atoms with Gasteiger partial charge in [0.05, 0.1) is 17.3 Å². The lowest BCUT2D eigenvalue weighted by atomic mass is 10.1. The number of aliphatic hydroxyl groups is 1.